The summed E-state index contributed by atoms with van der Waals surface area (Å²) >= 11 is 0. The molecule has 0 bridgehead atoms. The first-order valence-corrected chi connectivity index (χ1v) is 23.3. The molecule has 0 aliphatic carbocycles. The minimum Gasteiger partial charge on any atom is -0.310 e. The molecule has 0 aromatic heterocycles. The van der Waals surface area contributed by atoms with Crippen LogP contribution in [0.3, 0.4) is 0 Å². The minimum absolute atomic E-state index is 0.466. The van der Waals surface area contributed by atoms with Crippen LogP contribution in [-0.4, -0.2) is 0 Å². The van der Waals surface area contributed by atoms with E-state index in [0.29, 0.717) is 23.7 Å². The monoisotopic (exact) mass is 830 g/mol. The van der Waals surface area contributed by atoms with Gasteiger partial charge in [-0.25, -0.2) is 0 Å². The molecule has 10 rings (SSSR count). The van der Waals surface area contributed by atoms with E-state index in [1.54, 1.807) is 0 Å². The van der Waals surface area contributed by atoms with Crippen LogP contribution in [0.25, 0.3) is 53.9 Å². The van der Waals surface area contributed by atoms with E-state index in [4.69, 9.17) is 0 Å². The fraction of sp³-hybridized carbons (Fsp3) is 0.194. The average molecular weight is 831 g/mol. The number of nitrogens with zero attached hydrogens (tertiary/aromatic N) is 2. The van der Waals surface area contributed by atoms with Crippen molar-refractivity contribution in [2.75, 3.05) is 9.80 Å². The van der Waals surface area contributed by atoms with E-state index < -0.39 is 0 Å². The van der Waals surface area contributed by atoms with Gasteiger partial charge in [0.25, 0.3) is 0 Å². The van der Waals surface area contributed by atoms with Gasteiger partial charge >= 0.3 is 0 Å². The quantitative estimate of drug-likeness (QED) is 0.127. The van der Waals surface area contributed by atoms with Crippen molar-refractivity contribution in [2.24, 2.45) is 0 Å². The second-order valence-electron chi connectivity index (χ2n) is 19.0. The second-order valence-corrected chi connectivity index (χ2v) is 19.0. The van der Waals surface area contributed by atoms with Gasteiger partial charge < -0.3 is 9.80 Å². The Hall–Kier alpha value is -6.90. The Morgan fingerprint density at radius 1 is 0.234 bits per heavy atom. The van der Waals surface area contributed by atoms with E-state index >= 15 is 0 Å². The van der Waals surface area contributed by atoms with Crippen LogP contribution in [-0.2, 0) is 0 Å². The minimum atomic E-state index is 0.466. The fourth-order valence-electron chi connectivity index (χ4n) is 9.85. The maximum Gasteiger partial charge on any atom is 0.0468 e. The van der Waals surface area contributed by atoms with Gasteiger partial charge in [-0.1, -0.05) is 165 Å². The molecule has 0 radical (unpaired) electrons. The Kier molecular flexibility index (Phi) is 10.7. The molecule has 0 heterocycles. The van der Waals surface area contributed by atoms with Crippen molar-refractivity contribution < 1.29 is 0 Å². The first-order valence-electron chi connectivity index (χ1n) is 23.3. The summed E-state index contributed by atoms with van der Waals surface area (Å²) in [6.07, 6.45) is 0. The summed E-state index contributed by atoms with van der Waals surface area (Å²) in [6.45, 7) is 18.1. The predicted molar refractivity (Wildman–Crippen MR) is 280 cm³/mol. The Morgan fingerprint density at radius 2 is 0.469 bits per heavy atom. The zero-order valence-corrected chi connectivity index (χ0v) is 38.5. The molecule has 0 aliphatic heterocycles. The number of rotatable bonds is 10. The van der Waals surface area contributed by atoms with E-state index in [2.05, 4.69) is 247 Å². The van der Waals surface area contributed by atoms with Crippen molar-refractivity contribution in [3.8, 4) is 0 Å². The molecule has 10 aromatic rings. The highest BCUT2D eigenvalue weighted by molar-refractivity contribution is 6.39. The molecule has 0 saturated heterocycles. The molecule has 0 fully saturated rings. The number of anilines is 6. The lowest BCUT2D eigenvalue weighted by molar-refractivity contribution is 0.866. The third kappa shape index (κ3) is 7.25. The molecule has 0 saturated carbocycles. The number of fused-ring (bicyclic) bond motifs is 11. The number of benzene rings is 10. The Balaban J connectivity index is 1.21. The van der Waals surface area contributed by atoms with Crippen molar-refractivity contribution in [2.45, 2.75) is 79.1 Å². The fourth-order valence-corrected chi connectivity index (χ4v) is 9.85. The standard InChI is InChI=1S/C62H58N2/c1-39(2)43-17-25-47(26-18-43)63(48-27-19-44(20-28-48)40(3)4)51-33-35-57-59(37-51)53-13-9-11-15-55(53)62-58-36-34-52(38-60(58)54-14-10-12-16-56(54)61(57)62)64(49-29-21-45(22-30-49)41(5)6)50-31-23-46(24-32-50)42(7)8/h9-42H,1-8H3. The van der Waals surface area contributed by atoms with Crippen molar-refractivity contribution in [1.29, 1.82) is 0 Å². The highest BCUT2D eigenvalue weighted by Gasteiger charge is 2.21. The summed E-state index contributed by atoms with van der Waals surface area (Å²) in [5, 5.41) is 12.7. The summed E-state index contributed by atoms with van der Waals surface area (Å²) in [6, 6.07) is 68.9. The summed E-state index contributed by atoms with van der Waals surface area (Å²) in [4.78, 5) is 4.84. The first-order chi connectivity index (χ1) is 31.0. The van der Waals surface area contributed by atoms with Crippen molar-refractivity contribution in [1.82, 2.24) is 0 Å². The maximum absolute atomic E-state index is 2.43. The molecular formula is C62H58N2. The SMILES string of the molecule is CC(C)c1ccc(N(c2ccc(C(C)C)cc2)c2ccc3c(c2)c2ccccc2c2c4ccc(N(c5ccc(C(C)C)cc5)c5ccc(C(C)C)cc5)cc4c4ccccc4c32)cc1. The Bertz CT molecular complexity index is 2970. The molecule has 0 unspecified atom stereocenters. The predicted octanol–water partition coefficient (Wildman–Crippen LogP) is 18.9. The van der Waals surface area contributed by atoms with Gasteiger partial charge in [-0.2, -0.15) is 0 Å². The summed E-state index contributed by atoms with van der Waals surface area (Å²) in [5.74, 6) is 1.86. The van der Waals surface area contributed by atoms with Gasteiger partial charge in [0.05, 0.1) is 0 Å². The van der Waals surface area contributed by atoms with Crippen LogP contribution in [0, 0.1) is 0 Å². The summed E-state index contributed by atoms with van der Waals surface area (Å²) in [5.41, 5.74) is 12.3. The summed E-state index contributed by atoms with van der Waals surface area (Å²) < 4.78 is 0. The van der Waals surface area contributed by atoms with Crippen LogP contribution in [0.5, 0.6) is 0 Å². The third-order valence-electron chi connectivity index (χ3n) is 13.6. The molecule has 316 valence electrons. The zero-order chi connectivity index (χ0) is 44.2. The van der Waals surface area contributed by atoms with E-state index in [9.17, 15) is 0 Å². The molecule has 0 amide bonds. The van der Waals surface area contributed by atoms with E-state index in [1.807, 2.05) is 0 Å². The van der Waals surface area contributed by atoms with Gasteiger partial charge in [-0.3, -0.25) is 0 Å². The Morgan fingerprint density at radius 3 is 0.734 bits per heavy atom. The second kappa shape index (κ2) is 16.7. The van der Waals surface area contributed by atoms with Crippen molar-refractivity contribution >= 4 is 88.0 Å². The molecule has 0 N–H and O–H groups in total. The topological polar surface area (TPSA) is 6.48 Å². The molecule has 2 heteroatoms. The number of hydrogen-bond donors (Lipinski definition) is 0. The lowest BCUT2D eigenvalue weighted by Crippen LogP contribution is -2.10. The number of hydrogen-bond acceptors (Lipinski definition) is 2. The van der Waals surface area contributed by atoms with Crippen molar-refractivity contribution in [3.63, 3.8) is 0 Å². The zero-order valence-electron chi connectivity index (χ0n) is 38.5. The largest absolute Gasteiger partial charge is 0.310 e. The van der Waals surface area contributed by atoms with Crippen LogP contribution >= 0.6 is 0 Å². The maximum atomic E-state index is 2.43. The van der Waals surface area contributed by atoms with Gasteiger partial charge in [0.15, 0.2) is 0 Å². The highest BCUT2D eigenvalue weighted by Crippen LogP contribution is 2.48. The normalized spacial score (nSPS) is 12.0. The summed E-state index contributed by atoms with van der Waals surface area (Å²) in [7, 11) is 0. The van der Waals surface area contributed by atoms with Crippen LogP contribution in [0.2, 0.25) is 0 Å². The molecule has 0 aliphatic rings. The highest BCUT2D eigenvalue weighted by atomic mass is 15.1. The molecule has 64 heavy (non-hydrogen) atoms. The van der Waals surface area contributed by atoms with Gasteiger partial charge in [0, 0.05) is 34.1 Å². The van der Waals surface area contributed by atoms with Gasteiger partial charge in [0.2, 0.25) is 0 Å². The van der Waals surface area contributed by atoms with Gasteiger partial charge in [0.1, 0.15) is 0 Å². The lowest BCUT2D eigenvalue weighted by Gasteiger charge is -2.28. The average Bonchev–Trinajstić information content (AvgIpc) is 3.32. The molecule has 2 nitrogen and oxygen atoms in total. The van der Waals surface area contributed by atoms with Gasteiger partial charge in [-0.15, -0.1) is 0 Å². The van der Waals surface area contributed by atoms with E-state index in [-0.39, 0.29) is 0 Å². The van der Waals surface area contributed by atoms with Crippen LogP contribution in [0.15, 0.2) is 182 Å². The lowest BCUT2D eigenvalue weighted by atomic mass is 9.87. The molecule has 0 spiro atoms. The van der Waals surface area contributed by atoms with Gasteiger partial charge in [-0.05, 0) is 173 Å². The molecule has 0 atom stereocenters. The third-order valence-corrected chi connectivity index (χ3v) is 13.6. The van der Waals surface area contributed by atoms with Crippen LogP contribution < -0.4 is 9.80 Å². The van der Waals surface area contributed by atoms with Crippen molar-refractivity contribution in [3.05, 3.63) is 204 Å². The van der Waals surface area contributed by atoms with Crippen LogP contribution in [0.4, 0.5) is 34.1 Å². The first kappa shape index (κ1) is 41.1. The van der Waals surface area contributed by atoms with Crippen LogP contribution in [0.1, 0.15) is 101 Å². The smallest absolute Gasteiger partial charge is 0.0468 e. The van der Waals surface area contributed by atoms with E-state index in [1.165, 1.54) is 76.1 Å². The van der Waals surface area contributed by atoms with E-state index in [0.717, 1.165) is 34.1 Å². The Labute approximate surface area is 379 Å². The molecular weight excluding hydrogens is 773 g/mol. The molecule has 10 aromatic carbocycles.